The molecular weight excluding hydrogens is 346 g/mol. The summed E-state index contributed by atoms with van der Waals surface area (Å²) in [5, 5.41) is 12.2. The fraction of sp³-hybridized carbons (Fsp3) is 0.632. The molecule has 1 fully saturated rings. The van der Waals surface area contributed by atoms with E-state index in [1.807, 2.05) is 4.90 Å². The predicted octanol–water partition coefficient (Wildman–Crippen LogP) is 2.34. The SMILES string of the molecule is O=C(c1cc2c(s1)CCCC2)N1CCC(c2nnc3n2CCNC3)CC1. The maximum absolute atomic E-state index is 12.9. The first-order valence-electron chi connectivity index (χ1n) is 9.83. The molecule has 0 atom stereocenters. The van der Waals surface area contributed by atoms with Gasteiger partial charge in [0.25, 0.3) is 5.91 Å². The van der Waals surface area contributed by atoms with Crippen LogP contribution in [0.15, 0.2) is 6.07 Å². The lowest BCUT2D eigenvalue weighted by molar-refractivity contribution is 0.0715. The second-order valence-electron chi connectivity index (χ2n) is 7.64. The molecular formula is C19H25N5OS. The molecule has 138 valence electrons. The summed E-state index contributed by atoms with van der Waals surface area (Å²) in [7, 11) is 0. The van der Waals surface area contributed by atoms with E-state index in [2.05, 4.69) is 26.1 Å². The Morgan fingerprint density at radius 1 is 1.15 bits per heavy atom. The molecule has 1 N–H and O–H groups in total. The number of fused-ring (bicyclic) bond motifs is 2. The van der Waals surface area contributed by atoms with Gasteiger partial charge >= 0.3 is 0 Å². The minimum atomic E-state index is 0.232. The maximum Gasteiger partial charge on any atom is 0.263 e. The molecule has 1 saturated heterocycles. The molecule has 2 aromatic rings. The number of carbonyl (C=O) groups is 1. The van der Waals surface area contributed by atoms with Crippen molar-refractivity contribution in [3.05, 3.63) is 33.0 Å². The van der Waals surface area contributed by atoms with Crippen molar-refractivity contribution in [2.45, 2.75) is 57.5 Å². The van der Waals surface area contributed by atoms with E-state index < -0.39 is 0 Å². The van der Waals surface area contributed by atoms with E-state index in [4.69, 9.17) is 0 Å². The van der Waals surface area contributed by atoms with Gasteiger partial charge in [-0.15, -0.1) is 21.5 Å². The second-order valence-corrected chi connectivity index (χ2v) is 8.77. The molecule has 2 aliphatic heterocycles. The van der Waals surface area contributed by atoms with E-state index in [0.29, 0.717) is 5.92 Å². The number of likely N-dealkylation sites (tertiary alicyclic amines) is 1. The van der Waals surface area contributed by atoms with Gasteiger partial charge in [0.15, 0.2) is 0 Å². The monoisotopic (exact) mass is 371 g/mol. The standard InChI is InChI=1S/C19H25N5OS/c25-19(16-11-14-3-1-2-4-15(14)26-16)23-8-5-13(6-9-23)18-22-21-17-12-20-7-10-24(17)18/h11,13,20H,1-10,12H2. The van der Waals surface area contributed by atoms with Crippen LogP contribution in [0.4, 0.5) is 0 Å². The van der Waals surface area contributed by atoms with Gasteiger partial charge in [-0.25, -0.2) is 0 Å². The summed E-state index contributed by atoms with van der Waals surface area (Å²) in [5.74, 6) is 2.83. The zero-order chi connectivity index (χ0) is 17.5. The number of rotatable bonds is 2. The van der Waals surface area contributed by atoms with E-state index in [9.17, 15) is 4.79 Å². The normalized spacial score (nSPS) is 20.7. The second kappa shape index (κ2) is 6.78. The van der Waals surface area contributed by atoms with E-state index in [1.165, 1.54) is 23.3 Å². The Morgan fingerprint density at radius 2 is 2.00 bits per heavy atom. The maximum atomic E-state index is 12.9. The van der Waals surface area contributed by atoms with Crippen LogP contribution in [0.1, 0.15) is 63.4 Å². The Kier molecular flexibility index (Phi) is 4.29. The first-order valence-corrected chi connectivity index (χ1v) is 10.6. The van der Waals surface area contributed by atoms with Crippen LogP contribution in [0.25, 0.3) is 0 Å². The van der Waals surface area contributed by atoms with Crippen molar-refractivity contribution < 1.29 is 4.79 Å². The number of nitrogens with zero attached hydrogens (tertiary/aromatic N) is 4. The van der Waals surface area contributed by atoms with E-state index >= 15 is 0 Å². The summed E-state index contributed by atoms with van der Waals surface area (Å²) in [6.45, 7) is 4.41. The van der Waals surface area contributed by atoms with Crippen molar-refractivity contribution >= 4 is 17.2 Å². The smallest absolute Gasteiger partial charge is 0.263 e. The van der Waals surface area contributed by atoms with Crippen LogP contribution in [-0.4, -0.2) is 45.2 Å². The van der Waals surface area contributed by atoms with Crippen LogP contribution in [0.3, 0.4) is 0 Å². The average Bonchev–Trinajstić information content (AvgIpc) is 3.32. The molecule has 0 aromatic carbocycles. The van der Waals surface area contributed by atoms with Crippen molar-refractivity contribution in [2.75, 3.05) is 19.6 Å². The third-order valence-corrected chi connectivity index (χ3v) is 7.23. The van der Waals surface area contributed by atoms with Crippen LogP contribution in [0.5, 0.6) is 0 Å². The van der Waals surface area contributed by atoms with Gasteiger partial charge in [0.1, 0.15) is 11.6 Å². The number of aromatic nitrogens is 3. The molecule has 0 saturated carbocycles. The fourth-order valence-electron chi connectivity index (χ4n) is 4.51. The molecule has 0 radical (unpaired) electrons. The van der Waals surface area contributed by atoms with Crippen molar-refractivity contribution in [3.63, 3.8) is 0 Å². The van der Waals surface area contributed by atoms with Gasteiger partial charge in [0.2, 0.25) is 0 Å². The Labute approximate surface area is 157 Å². The lowest BCUT2D eigenvalue weighted by atomic mass is 9.95. The van der Waals surface area contributed by atoms with E-state index in [1.54, 1.807) is 11.3 Å². The number of carbonyl (C=O) groups excluding carboxylic acids is 1. The minimum Gasteiger partial charge on any atom is -0.338 e. The number of piperidine rings is 1. The number of aryl methyl sites for hydroxylation is 2. The van der Waals surface area contributed by atoms with Crippen LogP contribution < -0.4 is 5.32 Å². The molecule has 0 spiro atoms. The van der Waals surface area contributed by atoms with E-state index in [-0.39, 0.29) is 5.91 Å². The van der Waals surface area contributed by atoms with Gasteiger partial charge in [-0.3, -0.25) is 4.79 Å². The topological polar surface area (TPSA) is 63.1 Å². The molecule has 0 bridgehead atoms. The first-order chi connectivity index (χ1) is 12.8. The molecule has 5 rings (SSSR count). The third kappa shape index (κ3) is 2.87. The lowest BCUT2D eigenvalue weighted by Crippen LogP contribution is -2.38. The predicted molar refractivity (Wildman–Crippen MR) is 101 cm³/mol. The number of thiophene rings is 1. The van der Waals surface area contributed by atoms with Crippen LogP contribution in [-0.2, 0) is 25.9 Å². The summed E-state index contributed by atoms with van der Waals surface area (Å²) in [6, 6.07) is 2.16. The number of amides is 1. The molecule has 26 heavy (non-hydrogen) atoms. The van der Waals surface area contributed by atoms with Crippen molar-refractivity contribution in [1.82, 2.24) is 25.0 Å². The number of hydrogen-bond donors (Lipinski definition) is 1. The number of nitrogens with one attached hydrogen (secondary N) is 1. The van der Waals surface area contributed by atoms with Gasteiger partial charge in [-0.2, -0.15) is 0 Å². The summed E-state index contributed by atoms with van der Waals surface area (Å²) < 4.78 is 2.28. The van der Waals surface area contributed by atoms with Gasteiger partial charge < -0.3 is 14.8 Å². The van der Waals surface area contributed by atoms with Crippen LogP contribution in [0.2, 0.25) is 0 Å². The summed E-state index contributed by atoms with van der Waals surface area (Å²) >= 11 is 1.73. The molecule has 4 heterocycles. The van der Waals surface area contributed by atoms with Gasteiger partial charge in [-0.1, -0.05) is 0 Å². The highest BCUT2D eigenvalue weighted by atomic mass is 32.1. The van der Waals surface area contributed by atoms with Gasteiger partial charge in [-0.05, 0) is 50.2 Å². The molecule has 0 unspecified atom stereocenters. The average molecular weight is 372 g/mol. The Hall–Kier alpha value is -1.73. The minimum absolute atomic E-state index is 0.232. The Bertz CT molecular complexity index is 795. The van der Waals surface area contributed by atoms with Crippen molar-refractivity contribution in [2.24, 2.45) is 0 Å². The van der Waals surface area contributed by atoms with Crippen LogP contribution >= 0.6 is 11.3 Å². The van der Waals surface area contributed by atoms with E-state index in [0.717, 1.165) is 74.9 Å². The summed E-state index contributed by atoms with van der Waals surface area (Å²) in [5.41, 5.74) is 1.42. The lowest BCUT2D eigenvalue weighted by Gasteiger charge is -2.31. The molecule has 3 aliphatic rings. The quantitative estimate of drug-likeness (QED) is 0.880. The third-order valence-electron chi connectivity index (χ3n) is 6.01. The molecule has 6 nitrogen and oxygen atoms in total. The van der Waals surface area contributed by atoms with Gasteiger partial charge in [0.05, 0.1) is 11.4 Å². The highest BCUT2D eigenvalue weighted by Crippen LogP contribution is 2.32. The fourth-order valence-corrected chi connectivity index (χ4v) is 5.73. The van der Waals surface area contributed by atoms with Gasteiger partial charge in [0, 0.05) is 37.0 Å². The zero-order valence-electron chi connectivity index (χ0n) is 15.0. The Balaban J connectivity index is 1.26. The molecule has 1 amide bonds. The van der Waals surface area contributed by atoms with Crippen molar-refractivity contribution in [1.29, 1.82) is 0 Å². The van der Waals surface area contributed by atoms with Crippen molar-refractivity contribution in [3.8, 4) is 0 Å². The summed E-state index contributed by atoms with van der Waals surface area (Å²) in [6.07, 6.45) is 6.81. The Morgan fingerprint density at radius 3 is 2.85 bits per heavy atom. The molecule has 2 aromatic heterocycles. The number of hydrogen-bond acceptors (Lipinski definition) is 5. The van der Waals surface area contributed by atoms with Crippen LogP contribution in [0, 0.1) is 0 Å². The molecule has 7 heteroatoms. The first kappa shape index (κ1) is 16.4. The summed E-state index contributed by atoms with van der Waals surface area (Å²) in [4.78, 5) is 17.4. The highest BCUT2D eigenvalue weighted by Gasteiger charge is 2.30. The molecule has 1 aliphatic carbocycles. The zero-order valence-corrected chi connectivity index (χ0v) is 15.9. The largest absolute Gasteiger partial charge is 0.338 e. The highest BCUT2D eigenvalue weighted by molar-refractivity contribution is 7.14.